The molecule has 6 heteroatoms. The lowest BCUT2D eigenvalue weighted by molar-refractivity contribution is -0.133. The first-order chi connectivity index (χ1) is 11.0. The molecule has 1 amide bonds. The van der Waals surface area contributed by atoms with Gasteiger partial charge in [0.2, 0.25) is 5.91 Å². The van der Waals surface area contributed by atoms with E-state index >= 15 is 0 Å². The van der Waals surface area contributed by atoms with E-state index in [0.717, 1.165) is 48.5 Å². The average molecular weight is 316 g/mol. The van der Waals surface area contributed by atoms with Crippen molar-refractivity contribution in [1.82, 2.24) is 19.8 Å². The molecule has 1 saturated heterocycles. The number of nitrogens with zero attached hydrogens (tertiary/aromatic N) is 4. The molecule has 0 saturated carbocycles. The number of aromatic nitrogens is 3. The minimum atomic E-state index is -0.221. The van der Waals surface area contributed by atoms with Crippen LogP contribution in [0.25, 0.3) is 0 Å². The van der Waals surface area contributed by atoms with Gasteiger partial charge in [-0.2, -0.15) is 5.10 Å². The Morgan fingerprint density at radius 1 is 1.43 bits per heavy atom. The zero-order valence-corrected chi connectivity index (χ0v) is 14.2. The van der Waals surface area contributed by atoms with Gasteiger partial charge >= 0.3 is 0 Å². The van der Waals surface area contributed by atoms with Crippen LogP contribution in [0, 0.1) is 20.8 Å². The molecule has 124 valence electrons. The van der Waals surface area contributed by atoms with E-state index in [-0.39, 0.29) is 17.9 Å². The van der Waals surface area contributed by atoms with Gasteiger partial charge in [-0.15, -0.1) is 0 Å². The van der Waals surface area contributed by atoms with Crippen LogP contribution in [0.4, 0.5) is 0 Å². The largest absolute Gasteiger partial charge is 0.361 e. The van der Waals surface area contributed by atoms with Gasteiger partial charge in [0.25, 0.3) is 0 Å². The van der Waals surface area contributed by atoms with Gasteiger partial charge in [-0.1, -0.05) is 5.16 Å². The first-order valence-electron chi connectivity index (χ1n) is 8.19. The van der Waals surface area contributed by atoms with Crippen molar-refractivity contribution < 1.29 is 9.32 Å². The second-order valence-corrected chi connectivity index (χ2v) is 6.53. The molecule has 0 spiro atoms. The maximum absolute atomic E-state index is 13.0. The van der Waals surface area contributed by atoms with E-state index in [2.05, 4.69) is 10.3 Å². The quantitative estimate of drug-likeness (QED) is 0.869. The fourth-order valence-corrected chi connectivity index (χ4v) is 3.58. The third-order valence-corrected chi connectivity index (χ3v) is 4.71. The van der Waals surface area contributed by atoms with Crippen LogP contribution in [0.15, 0.2) is 16.9 Å². The zero-order chi connectivity index (χ0) is 16.6. The summed E-state index contributed by atoms with van der Waals surface area (Å²) in [5.41, 5.74) is 2.88. The summed E-state index contributed by atoms with van der Waals surface area (Å²) in [5, 5.41) is 8.33. The third kappa shape index (κ3) is 3.02. The molecule has 0 unspecified atom stereocenters. The predicted molar refractivity (Wildman–Crippen MR) is 86.1 cm³/mol. The Bertz CT molecular complexity index is 684. The first-order valence-corrected chi connectivity index (χ1v) is 8.19. The molecule has 3 heterocycles. The van der Waals surface area contributed by atoms with Crippen molar-refractivity contribution in [1.29, 1.82) is 0 Å². The summed E-state index contributed by atoms with van der Waals surface area (Å²) in [6.07, 6.45) is 5.95. The first kappa shape index (κ1) is 15.8. The van der Waals surface area contributed by atoms with Crippen molar-refractivity contribution in [3.8, 4) is 0 Å². The smallest absolute Gasteiger partial charge is 0.230 e. The minimum Gasteiger partial charge on any atom is -0.361 e. The Labute approximate surface area is 136 Å². The van der Waals surface area contributed by atoms with Crippen LogP contribution >= 0.6 is 0 Å². The van der Waals surface area contributed by atoms with Crippen molar-refractivity contribution in [2.75, 3.05) is 6.54 Å². The molecule has 0 aliphatic carbocycles. The third-order valence-electron chi connectivity index (χ3n) is 4.71. The molecule has 23 heavy (non-hydrogen) atoms. The van der Waals surface area contributed by atoms with Gasteiger partial charge in [0.15, 0.2) is 0 Å². The zero-order valence-electron chi connectivity index (χ0n) is 14.2. The Kier molecular flexibility index (Phi) is 4.24. The molecule has 0 aromatic carbocycles. The van der Waals surface area contributed by atoms with Crippen LogP contribution in [0.5, 0.6) is 0 Å². The summed E-state index contributed by atoms with van der Waals surface area (Å²) in [5.74, 6) is 0.675. The van der Waals surface area contributed by atoms with Gasteiger partial charge in [-0.25, -0.2) is 0 Å². The highest BCUT2D eigenvalue weighted by Crippen LogP contribution is 2.28. The summed E-state index contributed by atoms with van der Waals surface area (Å²) in [6.45, 7) is 9.31. The predicted octanol–water partition coefficient (Wildman–Crippen LogP) is 2.59. The van der Waals surface area contributed by atoms with Crippen LogP contribution in [0.3, 0.4) is 0 Å². The summed E-state index contributed by atoms with van der Waals surface area (Å²) in [6, 6.07) is 0.213. The normalized spacial score (nSPS) is 19.3. The van der Waals surface area contributed by atoms with E-state index < -0.39 is 0 Å². The van der Waals surface area contributed by atoms with E-state index in [4.69, 9.17) is 4.52 Å². The maximum atomic E-state index is 13.0. The minimum absolute atomic E-state index is 0.158. The molecule has 2 aromatic heterocycles. The number of likely N-dealkylation sites (tertiary alicyclic amines) is 1. The monoisotopic (exact) mass is 316 g/mol. The van der Waals surface area contributed by atoms with Crippen molar-refractivity contribution in [3.05, 3.63) is 35.0 Å². The van der Waals surface area contributed by atoms with Gasteiger partial charge < -0.3 is 9.42 Å². The molecule has 0 bridgehead atoms. The summed E-state index contributed by atoms with van der Waals surface area (Å²) < 4.78 is 7.16. The summed E-state index contributed by atoms with van der Waals surface area (Å²) in [7, 11) is 0. The number of rotatable bonds is 4. The van der Waals surface area contributed by atoms with E-state index in [0.29, 0.717) is 0 Å². The maximum Gasteiger partial charge on any atom is 0.230 e. The number of carbonyl (C=O) groups is 1. The summed E-state index contributed by atoms with van der Waals surface area (Å²) >= 11 is 0. The molecule has 1 aliphatic heterocycles. The number of carbonyl (C=O) groups excluding carboxylic acids is 1. The molecule has 0 N–H and O–H groups in total. The van der Waals surface area contributed by atoms with Crippen molar-refractivity contribution in [3.63, 3.8) is 0 Å². The van der Waals surface area contributed by atoms with Crippen LogP contribution < -0.4 is 0 Å². The Balaban J connectivity index is 1.75. The van der Waals surface area contributed by atoms with Gasteiger partial charge in [-0.3, -0.25) is 9.48 Å². The lowest BCUT2D eigenvalue weighted by Gasteiger charge is -2.27. The number of hydrogen-bond acceptors (Lipinski definition) is 4. The molecule has 3 rings (SSSR count). The topological polar surface area (TPSA) is 64.2 Å². The van der Waals surface area contributed by atoms with Crippen molar-refractivity contribution in [2.45, 2.75) is 59.0 Å². The highest BCUT2D eigenvalue weighted by atomic mass is 16.5. The van der Waals surface area contributed by atoms with Crippen LogP contribution in [0.1, 0.15) is 48.3 Å². The highest BCUT2D eigenvalue weighted by Gasteiger charge is 2.34. The van der Waals surface area contributed by atoms with E-state index in [9.17, 15) is 4.79 Å². The lowest BCUT2D eigenvalue weighted by Crippen LogP contribution is -2.40. The molecular formula is C17H24N4O2. The number of hydrogen-bond donors (Lipinski definition) is 0. The molecule has 1 fully saturated rings. The Hall–Kier alpha value is -2.11. The Morgan fingerprint density at radius 3 is 2.83 bits per heavy atom. The SMILES string of the molecule is Cc1cnn(C[C@H]2CCCN2C(=O)[C@@H](C)c2c(C)noc2C)c1. The van der Waals surface area contributed by atoms with E-state index in [1.807, 2.05) is 49.7 Å². The van der Waals surface area contributed by atoms with Crippen LogP contribution in [-0.4, -0.2) is 38.3 Å². The van der Waals surface area contributed by atoms with Crippen molar-refractivity contribution >= 4 is 5.91 Å². The number of amides is 1. The van der Waals surface area contributed by atoms with Crippen LogP contribution in [-0.2, 0) is 11.3 Å². The van der Waals surface area contributed by atoms with E-state index in [1.165, 1.54) is 0 Å². The molecule has 2 aromatic rings. The second-order valence-electron chi connectivity index (χ2n) is 6.53. The standard InChI is InChI=1S/C17H24N4O2/c1-11-8-18-20(9-11)10-15-6-5-7-21(15)17(22)12(2)16-13(3)19-23-14(16)4/h8-9,12,15H,5-7,10H2,1-4H3/t12-,15+/m0/s1. The van der Waals surface area contributed by atoms with Crippen molar-refractivity contribution in [2.24, 2.45) is 0 Å². The second kappa shape index (κ2) is 6.18. The number of aryl methyl sites for hydroxylation is 3. The Morgan fingerprint density at radius 2 is 2.22 bits per heavy atom. The van der Waals surface area contributed by atoms with Gasteiger partial charge in [-0.05, 0) is 46.1 Å². The fraction of sp³-hybridized carbons (Fsp3) is 0.588. The van der Waals surface area contributed by atoms with Gasteiger partial charge in [0.1, 0.15) is 5.76 Å². The molecule has 6 nitrogen and oxygen atoms in total. The summed E-state index contributed by atoms with van der Waals surface area (Å²) in [4.78, 5) is 15.0. The highest BCUT2D eigenvalue weighted by molar-refractivity contribution is 5.84. The molecule has 1 aliphatic rings. The molecular weight excluding hydrogens is 292 g/mol. The average Bonchev–Trinajstić information content (AvgIpc) is 3.21. The van der Waals surface area contributed by atoms with E-state index in [1.54, 1.807) is 0 Å². The van der Waals surface area contributed by atoms with Gasteiger partial charge in [0.05, 0.1) is 30.4 Å². The van der Waals surface area contributed by atoms with Crippen LogP contribution in [0.2, 0.25) is 0 Å². The fourth-order valence-electron chi connectivity index (χ4n) is 3.58. The van der Waals surface area contributed by atoms with Gasteiger partial charge in [0, 0.05) is 18.3 Å². The molecule has 0 radical (unpaired) electrons. The lowest BCUT2D eigenvalue weighted by atomic mass is 9.97. The molecule has 2 atom stereocenters.